The summed E-state index contributed by atoms with van der Waals surface area (Å²) in [7, 11) is 0.384. The number of fused-ring (bicyclic) bond motifs is 1. The van der Waals surface area contributed by atoms with Crippen LogP contribution in [0, 0.1) is 13.8 Å². The lowest BCUT2D eigenvalue weighted by atomic mass is 10.1. The standard InChI is InChI=1S/C18H23O3S.C16H25O3S/c1-18(2,3)21-17(19)12-20-15-10-11-16(22(4)5)14-9-7-6-8-13(14)15;1-11-8-13(20(6)7)9-12(2)15(11)18-10-14(17)19-16(3,4)5/h6-11H,12H2,1-5H3;8-9H,10H2,1-7H3/q2*+1. The lowest BCUT2D eigenvalue weighted by Gasteiger charge is -2.20. The lowest BCUT2D eigenvalue weighted by Crippen LogP contribution is -2.27. The summed E-state index contributed by atoms with van der Waals surface area (Å²) in [6, 6.07) is 16.4. The van der Waals surface area contributed by atoms with E-state index >= 15 is 0 Å². The summed E-state index contributed by atoms with van der Waals surface area (Å²) < 4.78 is 21.8. The zero-order valence-electron chi connectivity index (χ0n) is 27.3. The van der Waals surface area contributed by atoms with Crippen LogP contribution in [-0.4, -0.2) is 61.4 Å². The summed E-state index contributed by atoms with van der Waals surface area (Å²) in [4.78, 5) is 26.1. The zero-order chi connectivity index (χ0) is 31.8. The molecule has 0 aliphatic heterocycles. The fourth-order valence-corrected chi connectivity index (χ4v) is 5.89. The summed E-state index contributed by atoms with van der Waals surface area (Å²) >= 11 is 0. The van der Waals surface area contributed by atoms with Crippen molar-refractivity contribution < 1.29 is 28.5 Å². The molecule has 0 aliphatic rings. The average Bonchev–Trinajstić information content (AvgIpc) is 2.84. The first kappa shape index (κ1) is 35.4. The van der Waals surface area contributed by atoms with E-state index in [0.717, 1.165) is 28.0 Å². The molecule has 6 nitrogen and oxygen atoms in total. The van der Waals surface area contributed by atoms with Crippen LogP contribution in [0.15, 0.2) is 58.3 Å². The van der Waals surface area contributed by atoms with E-state index in [4.69, 9.17) is 18.9 Å². The number of aryl methyl sites for hydroxylation is 2. The van der Waals surface area contributed by atoms with Gasteiger partial charge in [0.1, 0.15) is 47.7 Å². The van der Waals surface area contributed by atoms with Crippen LogP contribution in [0.5, 0.6) is 11.5 Å². The largest absolute Gasteiger partial charge is 0.481 e. The number of benzene rings is 3. The molecule has 42 heavy (non-hydrogen) atoms. The molecule has 0 radical (unpaired) electrons. The van der Waals surface area contributed by atoms with E-state index in [0.29, 0.717) is 0 Å². The summed E-state index contributed by atoms with van der Waals surface area (Å²) in [5, 5.41) is 2.21. The molecule has 0 N–H and O–H groups in total. The molecular weight excluding hydrogens is 569 g/mol. The molecule has 0 atom stereocenters. The van der Waals surface area contributed by atoms with Gasteiger partial charge in [0.05, 0.1) is 0 Å². The van der Waals surface area contributed by atoms with Gasteiger partial charge in [-0.2, -0.15) is 0 Å². The molecule has 0 aromatic heterocycles. The normalized spacial score (nSPS) is 11.7. The molecule has 8 heteroatoms. The fraction of sp³-hybridized carbons (Fsp3) is 0.471. The molecule has 0 spiro atoms. The van der Waals surface area contributed by atoms with Crippen LogP contribution in [-0.2, 0) is 40.9 Å². The van der Waals surface area contributed by atoms with Gasteiger partial charge in [-0.1, -0.05) is 18.2 Å². The Labute approximate surface area is 258 Å². The van der Waals surface area contributed by atoms with Crippen LogP contribution >= 0.6 is 0 Å². The molecular formula is C34H48O6S2+2. The SMILES string of the molecule is C[S+](C)c1ccc(OCC(=O)OC(C)(C)C)c2ccccc12.Cc1cc([S+](C)C)cc(C)c1OCC(=O)OC(C)(C)C. The van der Waals surface area contributed by atoms with Crippen LogP contribution in [0.1, 0.15) is 52.7 Å². The number of hydrogen-bond donors (Lipinski definition) is 0. The van der Waals surface area contributed by atoms with Crippen molar-refractivity contribution in [3.05, 3.63) is 59.7 Å². The Morgan fingerprint density at radius 2 is 1.14 bits per heavy atom. The molecule has 3 aromatic carbocycles. The maximum Gasteiger partial charge on any atom is 0.344 e. The second-order valence-electron chi connectivity index (χ2n) is 12.4. The maximum atomic E-state index is 11.8. The molecule has 230 valence electrons. The van der Waals surface area contributed by atoms with Crippen molar-refractivity contribution in [2.45, 2.75) is 76.4 Å². The molecule has 0 saturated carbocycles. The maximum absolute atomic E-state index is 11.8. The van der Waals surface area contributed by atoms with Crippen LogP contribution < -0.4 is 9.47 Å². The minimum atomic E-state index is -0.495. The molecule has 0 saturated heterocycles. The number of esters is 2. The predicted molar refractivity (Wildman–Crippen MR) is 178 cm³/mol. The van der Waals surface area contributed by atoms with Crippen molar-refractivity contribution in [2.75, 3.05) is 38.2 Å². The highest BCUT2D eigenvalue weighted by molar-refractivity contribution is 7.96. The van der Waals surface area contributed by atoms with E-state index in [2.05, 4.69) is 49.3 Å². The number of hydrogen-bond acceptors (Lipinski definition) is 6. The first-order chi connectivity index (χ1) is 19.4. The van der Waals surface area contributed by atoms with E-state index in [1.807, 2.05) is 79.7 Å². The minimum absolute atomic E-state index is 0.0533. The molecule has 0 amide bonds. The third-order valence-electron chi connectivity index (χ3n) is 5.71. The third kappa shape index (κ3) is 11.4. The van der Waals surface area contributed by atoms with Crippen molar-refractivity contribution in [1.82, 2.24) is 0 Å². The third-order valence-corrected chi connectivity index (χ3v) is 8.12. The van der Waals surface area contributed by atoms with Crippen molar-refractivity contribution >= 4 is 44.5 Å². The number of rotatable bonds is 8. The highest BCUT2D eigenvalue weighted by Gasteiger charge is 2.20. The van der Waals surface area contributed by atoms with Crippen molar-refractivity contribution in [2.24, 2.45) is 0 Å². The molecule has 0 fully saturated rings. The summed E-state index contributed by atoms with van der Waals surface area (Å²) in [5.41, 5.74) is 1.15. The van der Waals surface area contributed by atoms with Gasteiger partial charge in [0.25, 0.3) is 0 Å². The first-order valence-corrected chi connectivity index (χ1v) is 17.9. The van der Waals surface area contributed by atoms with E-state index in [1.54, 1.807) is 0 Å². The second kappa shape index (κ2) is 15.1. The van der Waals surface area contributed by atoms with Gasteiger partial charge in [-0.3, -0.25) is 0 Å². The van der Waals surface area contributed by atoms with Gasteiger partial charge in [0, 0.05) is 32.6 Å². The molecule has 3 aromatic rings. The monoisotopic (exact) mass is 616 g/mol. The van der Waals surface area contributed by atoms with Gasteiger partial charge >= 0.3 is 11.9 Å². The van der Waals surface area contributed by atoms with Gasteiger partial charge in [-0.25, -0.2) is 9.59 Å². The van der Waals surface area contributed by atoms with Gasteiger partial charge in [-0.05, 0) is 96.8 Å². The van der Waals surface area contributed by atoms with Crippen LogP contribution in [0.2, 0.25) is 0 Å². The van der Waals surface area contributed by atoms with E-state index in [9.17, 15) is 9.59 Å². The lowest BCUT2D eigenvalue weighted by molar-refractivity contribution is -0.158. The van der Waals surface area contributed by atoms with Gasteiger partial charge in [0.2, 0.25) is 0 Å². The molecule has 0 heterocycles. The van der Waals surface area contributed by atoms with Crippen LogP contribution in [0.25, 0.3) is 10.8 Å². The Kier molecular flexibility index (Phi) is 12.7. The topological polar surface area (TPSA) is 71.1 Å². The number of carbonyl (C=O) groups is 2. The summed E-state index contributed by atoms with van der Waals surface area (Å²) in [6.07, 6.45) is 8.77. The Bertz CT molecular complexity index is 1340. The Morgan fingerprint density at radius 1 is 0.667 bits per heavy atom. The van der Waals surface area contributed by atoms with Gasteiger partial charge in [-0.15, -0.1) is 0 Å². The quantitative estimate of drug-likeness (QED) is 0.199. The smallest absolute Gasteiger partial charge is 0.344 e. The number of ether oxygens (including phenoxy) is 4. The predicted octanol–water partition coefficient (Wildman–Crippen LogP) is 7.06. The molecule has 0 aliphatic carbocycles. The molecule has 3 rings (SSSR count). The first-order valence-electron chi connectivity index (χ1n) is 13.9. The van der Waals surface area contributed by atoms with Gasteiger partial charge in [0.15, 0.2) is 23.0 Å². The minimum Gasteiger partial charge on any atom is -0.481 e. The number of carbonyl (C=O) groups excluding carboxylic acids is 2. The van der Waals surface area contributed by atoms with Crippen LogP contribution in [0.4, 0.5) is 0 Å². The molecule has 0 unspecified atom stereocenters. The Hall–Kier alpha value is -2.84. The van der Waals surface area contributed by atoms with Gasteiger partial charge < -0.3 is 18.9 Å². The van der Waals surface area contributed by atoms with E-state index < -0.39 is 11.2 Å². The highest BCUT2D eigenvalue weighted by atomic mass is 32.2. The van der Waals surface area contributed by atoms with E-state index in [1.165, 1.54) is 15.2 Å². The summed E-state index contributed by atoms with van der Waals surface area (Å²) in [6.45, 7) is 15.0. The second-order valence-corrected chi connectivity index (χ2v) is 16.6. The van der Waals surface area contributed by atoms with Crippen molar-refractivity contribution in [1.29, 1.82) is 0 Å². The molecule has 0 bridgehead atoms. The Morgan fingerprint density at radius 3 is 1.60 bits per heavy atom. The Balaban J connectivity index is 0.000000295. The average molecular weight is 617 g/mol. The summed E-state index contributed by atoms with van der Waals surface area (Å²) in [5.74, 6) is 0.804. The van der Waals surface area contributed by atoms with E-state index in [-0.39, 0.29) is 46.9 Å². The zero-order valence-corrected chi connectivity index (χ0v) is 28.9. The van der Waals surface area contributed by atoms with Crippen molar-refractivity contribution in [3.8, 4) is 11.5 Å². The van der Waals surface area contributed by atoms with Crippen molar-refractivity contribution in [3.63, 3.8) is 0 Å². The van der Waals surface area contributed by atoms with Crippen LogP contribution in [0.3, 0.4) is 0 Å². The highest BCUT2D eigenvalue weighted by Crippen LogP contribution is 2.31. The fourth-order valence-electron chi connectivity index (χ4n) is 4.11.